The number of carbonyl (C=O) groups is 1. The number of nitrogens with zero attached hydrogens (tertiary/aromatic N) is 3. The number of ether oxygens (including phenoxy) is 2. The molecule has 1 unspecified atom stereocenters. The van der Waals surface area contributed by atoms with Crippen LogP contribution in [0.1, 0.15) is 24.4 Å². The van der Waals surface area contributed by atoms with Crippen LogP contribution in [0, 0.1) is 0 Å². The lowest BCUT2D eigenvalue weighted by Crippen LogP contribution is -2.31. The van der Waals surface area contributed by atoms with Gasteiger partial charge in [0.05, 0.1) is 16.3 Å². The number of rotatable bonds is 3. The fourth-order valence-electron chi connectivity index (χ4n) is 3.86. The Balaban J connectivity index is 1.62. The molecule has 0 radical (unpaired) electrons. The maximum atomic E-state index is 13.4. The molecule has 0 aliphatic carbocycles. The molecule has 0 saturated carbocycles. The highest BCUT2D eigenvalue weighted by Gasteiger charge is 2.41. The molecule has 0 fully saturated rings. The third kappa shape index (κ3) is 3.92. The van der Waals surface area contributed by atoms with Crippen molar-refractivity contribution in [3.8, 4) is 11.5 Å². The van der Waals surface area contributed by atoms with Gasteiger partial charge in [-0.05, 0) is 36.8 Å². The molecule has 1 aromatic heterocycles. The van der Waals surface area contributed by atoms with Crippen LogP contribution in [0.5, 0.6) is 11.5 Å². The molecule has 3 heterocycles. The van der Waals surface area contributed by atoms with E-state index in [1.165, 1.54) is 0 Å². The van der Waals surface area contributed by atoms with E-state index in [9.17, 15) is 18.0 Å². The number of amides is 1. The van der Waals surface area contributed by atoms with Crippen LogP contribution in [-0.4, -0.2) is 33.9 Å². The monoisotopic (exact) mass is 491 g/mol. The Kier molecular flexibility index (Phi) is 5.35. The van der Waals surface area contributed by atoms with Crippen LogP contribution in [0.2, 0.25) is 5.02 Å². The van der Waals surface area contributed by atoms with Crippen LogP contribution in [0.3, 0.4) is 0 Å². The summed E-state index contributed by atoms with van der Waals surface area (Å²) in [5, 5.41) is 9.50. The molecule has 34 heavy (non-hydrogen) atoms. The van der Waals surface area contributed by atoms with E-state index in [1.54, 1.807) is 49.4 Å². The molecule has 2 aliphatic heterocycles. The van der Waals surface area contributed by atoms with Gasteiger partial charge in [0.1, 0.15) is 19.3 Å². The number of carbonyl (C=O) groups excluding carboxylic acids is 1. The molecule has 5 rings (SSSR count). The average Bonchev–Trinajstić information content (AvgIpc) is 3.23. The average molecular weight is 492 g/mol. The Morgan fingerprint density at radius 2 is 1.91 bits per heavy atom. The number of alkyl halides is 3. The highest BCUT2D eigenvalue weighted by atomic mass is 35.5. The van der Waals surface area contributed by atoms with Crippen molar-refractivity contribution in [1.82, 2.24) is 14.8 Å². The third-order valence-corrected chi connectivity index (χ3v) is 5.68. The zero-order valence-electron chi connectivity index (χ0n) is 17.6. The molecule has 2 aromatic carbocycles. The Morgan fingerprint density at radius 3 is 2.65 bits per heavy atom. The van der Waals surface area contributed by atoms with Gasteiger partial charge in [-0.25, -0.2) is 4.68 Å². The van der Waals surface area contributed by atoms with Crippen molar-refractivity contribution < 1.29 is 27.4 Å². The van der Waals surface area contributed by atoms with Gasteiger partial charge in [-0.1, -0.05) is 29.8 Å². The number of aromatic nitrogens is 3. The van der Waals surface area contributed by atoms with E-state index in [1.807, 2.05) is 0 Å². The van der Waals surface area contributed by atoms with Gasteiger partial charge in [0.15, 0.2) is 11.5 Å². The Morgan fingerprint density at radius 1 is 1.18 bits per heavy atom. The summed E-state index contributed by atoms with van der Waals surface area (Å²) in [5.74, 6) is -1.10. The van der Waals surface area contributed by atoms with Gasteiger partial charge in [0.25, 0.3) is 11.7 Å². The number of para-hydroxylation sites is 1. The summed E-state index contributed by atoms with van der Waals surface area (Å²) in [6, 6.07) is 10.5. The zero-order chi connectivity index (χ0) is 24.0. The van der Waals surface area contributed by atoms with E-state index in [4.69, 9.17) is 21.1 Å². The van der Waals surface area contributed by atoms with Crippen LogP contribution < -0.4 is 20.1 Å². The molecule has 3 aromatic rings. The fourth-order valence-corrected chi connectivity index (χ4v) is 4.04. The quantitative estimate of drug-likeness (QED) is 0.554. The topological polar surface area (TPSA) is 90.3 Å². The molecule has 1 atom stereocenters. The molecule has 1 amide bonds. The summed E-state index contributed by atoms with van der Waals surface area (Å²) in [6.45, 7) is 2.29. The van der Waals surface area contributed by atoms with Crippen molar-refractivity contribution in [2.75, 3.05) is 23.8 Å². The van der Waals surface area contributed by atoms with Crippen molar-refractivity contribution in [2.24, 2.45) is 0 Å². The maximum Gasteiger partial charge on any atom is 0.453 e. The Labute approximate surface area is 196 Å². The first-order valence-electron chi connectivity index (χ1n) is 10.2. The van der Waals surface area contributed by atoms with Gasteiger partial charge in [-0.3, -0.25) is 4.79 Å². The predicted molar refractivity (Wildman–Crippen MR) is 117 cm³/mol. The number of allylic oxidation sites excluding steroid dienone is 1. The maximum absolute atomic E-state index is 13.4. The minimum absolute atomic E-state index is 0.140. The molecule has 2 aliphatic rings. The number of fused-ring (bicyclic) bond motifs is 2. The number of anilines is 2. The largest absolute Gasteiger partial charge is 0.486 e. The minimum Gasteiger partial charge on any atom is -0.486 e. The first kappa shape index (κ1) is 22.1. The van der Waals surface area contributed by atoms with Crippen LogP contribution >= 0.6 is 11.6 Å². The first-order valence-corrected chi connectivity index (χ1v) is 10.6. The summed E-state index contributed by atoms with van der Waals surface area (Å²) in [5.41, 5.74) is 1.28. The lowest BCUT2D eigenvalue weighted by Gasteiger charge is -2.29. The molecular weight excluding hydrogens is 475 g/mol. The van der Waals surface area contributed by atoms with E-state index < -0.39 is 23.9 Å². The highest BCUT2D eigenvalue weighted by Crippen LogP contribution is 2.41. The van der Waals surface area contributed by atoms with Gasteiger partial charge >= 0.3 is 6.18 Å². The third-order valence-electron chi connectivity index (χ3n) is 5.35. The van der Waals surface area contributed by atoms with Crippen molar-refractivity contribution in [3.63, 3.8) is 0 Å². The van der Waals surface area contributed by atoms with Crippen LogP contribution in [0.15, 0.2) is 53.7 Å². The van der Waals surface area contributed by atoms with Crippen LogP contribution in [0.4, 0.5) is 24.8 Å². The van der Waals surface area contributed by atoms with Gasteiger partial charge < -0.3 is 20.1 Å². The standard InChI is InChI=1S/C22H17ClF3N5O3/c1-11-17(19(32)28-14-5-3-2-4-13(14)23)18(12-6-7-15-16(10-12)34-9-8-33-15)31-21(27-11)29-20(30-31)22(24,25)26/h2-7,10,18H,8-9H2,1H3,(H,28,32)(H,27,29,30). The van der Waals surface area contributed by atoms with Gasteiger partial charge in [0, 0.05) is 5.70 Å². The second kappa shape index (κ2) is 8.24. The normalized spacial score (nSPS) is 17.1. The number of hydrogen-bond acceptors (Lipinski definition) is 6. The molecule has 8 nitrogen and oxygen atoms in total. The molecule has 176 valence electrons. The Hall–Kier alpha value is -3.73. The molecule has 0 saturated heterocycles. The first-order chi connectivity index (χ1) is 16.2. The second-order valence-electron chi connectivity index (χ2n) is 7.60. The highest BCUT2D eigenvalue weighted by molar-refractivity contribution is 6.33. The minimum atomic E-state index is -4.77. The lowest BCUT2D eigenvalue weighted by molar-refractivity contribution is -0.145. The predicted octanol–water partition coefficient (Wildman–Crippen LogP) is 4.65. The molecule has 0 spiro atoms. The van der Waals surface area contributed by atoms with E-state index in [-0.39, 0.29) is 11.5 Å². The molecule has 0 bridgehead atoms. The summed E-state index contributed by atoms with van der Waals surface area (Å²) in [6.07, 6.45) is -4.77. The molecular formula is C22H17ClF3N5O3. The van der Waals surface area contributed by atoms with Crippen molar-refractivity contribution in [2.45, 2.75) is 19.1 Å². The molecule has 12 heteroatoms. The van der Waals surface area contributed by atoms with Crippen molar-refractivity contribution in [3.05, 3.63) is 70.1 Å². The van der Waals surface area contributed by atoms with Crippen LogP contribution in [0.25, 0.3) is 0 Å². The number of hydrogen-bond donors (Lipinski definition) is 2. The van der Waals surface area contributed by atoms with E-state index in [0.29, 0.717) is 46.7 Å². The second-order valence-corrected chi connectivity index (χ2v) is 8.01. The van der Waals surface area contributed by atoms with Gasteiger partial charge in [-0.2, -0.15) is 18.2 Å². The summed E-state index contributed by atoms with van der Waals surface area (Å²) >= 11 is 6.18. The summed E-state index contributed by atoms with van der Waals surface area (Å²) in [4.78, 5) is 17.0. The SMILES string of the molecule is CC1=C(C(=O)Nc2ccccc2Cl)C(c2ccc3c(c2)OCCO3)n2nc(C(F)(F)F)nc2N1. The fraction of sp³-hybridized carbons (Fsp3) is 0.227. The summed E-state index contributed by atoms with van der Waals surface area (Å²) in [7, 11) is 0. The van der Waals surface area contributed by atoms with Crippen molar-refractivity contribution >= 4 is 29.1 Å². The Bertz CT molecular complexity index is 1320. The lowest BCUT2D eigenvalue weighted by atomic mass is 9.94. The van der Waals surface area contributed by atoms with Crippen LogP contribution in [-0.2, 0) is 11.0 Å². The van der Waals surface area contributed by atoms with Crippen molar-refractivity contribution in [1.29, 1.82) is 0 Å². The van der Waals surface area contributed by atoms with E-state index in [2.05, 4.69) is 20.7 Å². The van der Waals surface area contributed by atoms with Gasteiger partial charge in [0.2, 0.25) is 5.95 Å². The van der Waals surface area contributed by atoms with E-state index >= 15 is 0 Å². The number of benzene rings is 2. The van der Waals surface area contributed by atoms with E-state index in [0.717, 1.165) is 4.68 Å². The number of nitrogens with one attached hydrogen (secondary N) is 2. The zero-order valence-corrected chi connectivity index (χ0v) is 18.4. The number of halogens is 4. The molecule has 2 N–H and O–H groups in total. The summed E-state index contributed by atoms with van der Waals surface area (Å²) < 4.78 is 52.4. The van der Waals surface area contributed by atoms with Gasteiger partial charge in [-0.15, -0.1) is 5.10 Å². The smallest absolute Gasteiger partial charge is 0.453 e.